The fourth-order valence-electron chi connectivity index (χ4n) is 2.72. The molecule has 0 aliphatic heterocycles. The Morgan fingerprint density at radius 2 is 1.82 bits per heavy atom. The van der Waals surface area contributed by atoms with E-state index >= 15 is 0 Å². The van der Waals surface area contributed by atoms with Crippen LogP contribution in [0.25, 0.3) is 0 Å². The number of benzene rings is 2. The lowest BCUT2D eigenvalue weighted by atomic mass is 10.2. The largest absolute Gasteiger partial charge is 0.508 e. The fraction of sp³-hybridized carbons (Fsp3) is 0.150. The molecule has 0 aliphatic rings. The van der Waals surface area contributed by atoms with Crippen molar-refractivity contribution in [3.8, 4) is 5.75 Å². The van der Waals surface area contributed by atoms with Gasteiger partial charge >= 0.3 is 0 Å². The van der Waals surface area contributed by atoms with Crippen LogP contribution in [0.5, 0.6) is 5.75 Å². The second kappa shape index (κ2) is 8.46. The van der Waals surface area contributed by atoms with Crippen LogP contribution in [-0.2, 0) is 6.54 Å². The van der Waals surface area contributed by atoms with Crippen LogP contribution in [0, 0.1) is 13.8 Å². The Bertz CT molecular complexity index is 1020. The summed E-state index contributed by atoms with van der Waals surface area (Å²) in [6.07, 6.45) is 1.56. The molecule has 0 fully saturated rings. The molecule has 2 aromatic carbocycles. The van der Waals surface area contributed by atoms with Gasteiger partial charge in [-0.2, -0.15) is 10.2 Å². The number of nitrogens with zero attached hydrogens (tertiary/aromatic N) is 3. The van der Waals surface area contributed by atoms with E-state index in [0.717, 1.165) is 22.5 Å². The quantitative estimate of drug-likeness (QED) is 0.479. The predicted molar refractivity (Wildman–Crippen MR) is 110 cm³/mol. The molecule has 2 N–H and O–H groups in total. The molecule has 28 heavy (non-hydrogen) atoms. The van der Waals surface area contributed by atoms with Crippen LogP contribution in [0.3, 0.4) is 0 Å². The summed E-state index contributed by atoms with van der Waals surface area (Å²) in [4.78, 5) is 12.1. The topological polar surface area (TPSA) is 79.5 Å². The Morgan fingerprint density at radius 3 is 2.46 bits per heavy atom. The molecule has 1 aromatic heterocycles. The first-order chi connectivity index (χ1) is 13.4. The second-order valence-electron chi connectivity index (χ2n) is 6.19. The number of hydrogen-bond donors (Lipinski definition) is 2. The molecule has 3 rings (SSSR count). The molecule has 3 aromatic rings. The van der Waals surface area contributed by atoms with Gasteiger partial charge in [0.1, 0.15) is 5.75 Å². The lowest BCUT2D eigenvalue weighted by molar-refractivity contribution is 0.0955. The third-order valence-electron chi connectivity index (χ3n) is 4.30. The van der Waals surface area contributed by atoms with Crippen molar-refractivity contribution < 1.29 is 9.90 Å². The minimum Gasteiger partial charge on any atom is -0.508 e. The number of hydrazone groups is 1. The van der Waals surface area contributed by atoms with Gasteiger partial charge in [-0.25, -0.2) is 5.43 Å². The number of amides is 1. The number of aryl methyl sites for hydroxylation is 1. The Kier molecular flexibility index (Phi) is 6.02. The van der Waals surface area contributed by atoms with Gasteiger partial charge in [0.05, 0.1) is 18.5 Å². The number of nitrogens with one attached hydrogen (secondary N) is 1. The monoisotopic (exact) mass is 416 g/mol. The first-order valence-corrected chi connectivity index (χ1v) is 9.21. The van der Waals surface area contributed by atoms with E-state index in [4.69, 9.17) is 23.2 Å². The Morgan fingerprint density at radius 1 is 1.18 bits per heavy atom. The molecule has 0 radical (unpaired) electrons. The zero-order chi connectivity index (χ0) is 20.3. The standard InChI is InChI=1S/C20H18Cl2N4O2/c1-12-16(10-23-24-20(28)14-6-8-15(27)9-7-14)13(2)26(25-12)11-17-18(21)4-3-5-19(17)22/h3-10,27H,11H2,1-2H3,(H,24,28)/b23-10-. The summed E-state index contributed by atoms with van der Waals surface area (Å²) in [6, 6.07) is 11.3. The van der Waals surface area contributed by atoms with Crippen LogP contribution < -0.4 is 5.43 Å². The number of aromatic hydroxyl groups is 1. The van der Waals surface area contributed by atoms with Gasteiger partial charge in [-0.05, 0) is 50.2 Å². The minimum absolute atomic E-state index is 0.0948. The van der Waals surface area contributed by atoms with Crippen molar-refractivity contribution in [1.82, 2.24) is 15.2 Å². The van der Waals surface area contributed by atoms with Crippen LogP contribution in [0.1, 0.15) is 32.9 Å². The summed E-state index contributed by atoms with van der Waals surface area (Å²) < 4.78 is 1.80. The van der Waals surface area contributed by atoms with E-state index in [2.05, 4.69) is 15.6 Å². The maximum absolute atomic E-state index is 12.1. The third kappa shape index (κ3) is 4.35. The van der Waals surface area contributed by atoms with Crippen molar-refractivity contribution >= 4 is 35.3 Å². The minimum atomic E-state index is -0.373. The van der Waals surface area contributed by atoms with Gasteiger partial charge in [-0.15, -0.1) is 0 Å². The Balaban J connectivity index is 1.75. The molecular weight excluding hydrogens is 399 g/mol. The lowest BCUT2D eigenvalue weighted by Gasteiger charge is -2.08. The molecular formula is C20H18Cl2N4O2. The molecule has 0 spiro atoms. The molecule has 1 amide bonds. The molecule has 0 aliphatic carbocycles. The van der Waals surface area contributed by atoms with Crippen LogP contribution in [0.2, 0.25) is 10.0 Å². The van der Waals surface area contributed by atoms with E-state index in [1.807, 2.05) is 13.8 Å². The van der Waals surface area contributed by atoms with E-state index in [0.29, 0.717) is 22.2 Å². The lowest BCUT2D eigenvalue weighted by Crippen LogP contribution is -2.17. The highest BCUT2D eigenvalue weighted by Crippen LogP contribution is 2.26. The number of carbonyl (C=O) groups is 1. The summed E-state index contributed by atoms with van der Waals surface area (Å²) in [5, 5.41) is 19.0. The van der Waals surface area contributed by atoms with E-state index in [9.17, 15) is 9.90 Å². The van der Waals surface area contributed by atoms with Gasteiger partial charge in [-0.1, -0.05) is 29.3 Å². The molecule has 8 heteroatoms. The van der Waals surface area contributed by atoms with E-state index in [-0.39, 0.29) is 11.7 Å². The molecule has 0 atom stereocenters. The van der Waals surface area contributed by atoms with Crippen molar-refractivity contribution in [2.45, 2.75) is 20.4 Å². The zero-order valence-corrected chi connectivity index (χ0v) is 16.8. The van der Waals surface area contributed by atoms with Gasteiger partial charge in [0.25, 0.3) is 5.91 Å². The van der Waals surface area contributed by atoms with Crippen LogP contribution >= 0.6 is 23.2 Å². The molecule has 0 bridgehead atoms. The van der Waals surface area contributed by atoms with Gasteiger partial charge in [-0.3, -0.25) is 9.48 Å². The number of phenolic OH excluding ortho intramolecular Hbond substituents is 1. The van der Waals surface area contributed by atoms with E-state index in [1.165, 1.54) is 24.3 Å². The molecule has 6 nitrogen and oxygen atoms in total. The van der Waals surface area contributed by atoms with Gasteiger partial charge in [0.15, 0.2) is 0 Å². The van der Waals surface area contributed by atoms with Crippen molar-refractivity contribution in [3.63, 3.8) is 0 Å². The maximum Gasteiger partial charge on any atom is 0.271 e. The fourth-order valence-corrected chi connectivity index (χ4v) is 3.23. The number of rotatable bonds is 5. The molecule has 0 saturated carbocycles. The van der Waals surface area contributed by atoms with Crippen molar-refractivity contribution in [3.05, 3.63) is 80.6 Å². The van der Waals surface area contributed by atoms with Gasteiger partial charge in [0.2, 0.25) is 0 Å². The first-order valence-electron chi connectivity index (χ1n) is 8.46. The van der Waals surface area contributed by atoms with Crippen molar-refractivity contribution in [2.24, 2.45) is 5.10 Å². The maximum atomic E-state index is 12.1. The average Bonchev–Trinajstić information content (AvgIpc) is 2.92. The first kappa shape index (κ1) is 19.9. The Labute approximate surface area is 172 Å². The number of hydrogen-bond acceptors (Lipinski definition) is 4. The smallest absolute Gasteiger partial charge is 0.271 e. The normalized spacial score (nSPS) is 11.1. The number of carbonyl (C=O) groups excluding carboxylic acids is 1. The molecule has 0 unspecified atom stereocenters. The van der Waals surface area contributed by atoms with Crippen molar-refractivity contribution in [2.75, 3.05) is 0 Å². The SMILES string of the molecule is Cc1nn(Cc2c(Cl)cccc2Cl)c(C)c1/C=N\NC(=O)c1ccc(O)cc1. The van der Waals surface area contributed by atoms with Crippen LogP contribution in [0.4, 0.5) is 0 Å². The van der Waals surface area contributed by atoms with Crippen LogP contribution in [-0.4, -0.2) is 27.0 Å². The second-order valence-corrected chi connectivity index (χ2v) is 7.00. The number of halogens is 2. The number of phenols is 1. The molecule has 144 valence electrons. The highest BCUT2D eigenvalue weighted by atomic mass is 35.5. The third-order valence-corrected chi connectivity index (χ3v) is 5.00. The highest BCUT2D eigenvalue weighted by Gasteiger charge is 2.13. The summed E-state index contributed by atoms with van der Waals surface area (Å²) in [5.41, 5.74) is 6.09. The summed E-state index contributed by atoms with van der Waals surface area (Å²) in [5.74, 6) is -0.279. The average molecular weight is 417 g/mol. The number of aromatic nitrogens is 2. The highest BCUT2D eigenvalue weighted by molar-refractivity contribution is 6.35. The summed E-state index contributed by atoms with van der Waals surface area (Å²) in [7, 11) is 0. The van der Waals surface area contributed by atoms with E-state index < -0.39 is 0 Å². The molecule has 0 saturated heterocycles. The zero-order valence-electron chi connectivity index (χ0n) is 15.3. The van der Waals surface area contributed by atoms with Gasteiger partial charge in [0, 0.05) is 32.4 Å². The van der Waals surface area contributed by atoms with Crippen molar-refractivity contribution in [1.29, 1.82) is 0 Å². The Hall–Kier alpha value is -2.83. The summed E-state index contributed by atoms with van der Waals surface area (Å²) in [6.45, 7) is 4.20. The molecule has 1 heterocycles. The van der Waals surface area contributed by atoms with Gasteiger partial charge < -0.3 is 5.11 Å². The van der Waals surface area contributed by atoms with E-state index in [1.54, 1.807) is 29.1 Å². The van der Waals surface area contributed by atoms with Crippen LogP contribution in [0.15, 0.2) is 47.6 Å². The summed E-state index contributed by atoms with van der Waals surface area (Å²) >= 11 is 12.5. The predicted octanol–water partition coefficient (Wildman–Crippen LogP) is 4.32.